The summed E-state index contributed by atoms with van der Waals surface area (Å²) < 4.78 is 8.52. The van der Waals surface area contributed by atoms with E-state index in [0.29, 0.717) is 19.6 Å². The number of aryl methyl sites for hydroxylation is 1. The highest BCUT2D eigenvalue weighted by molar-refractivity contribution is 5.81. The number of imidazole rings is 1. The van der Waals surface area contributed by atoms with Crippen LogP contribution in [0.4, 0.5) is 5.69 Å². The first kappa shape index (κ1) is 19.1. The number of methoxy groups -OCH3 is 1. The van der Waals surface area contributed by atoms with E-state index in [0.717, 1.165) is 35.6 Å². The average Bonchev–Trinajstić information content (AvgIpc) is 3.04. The number of nitrogens with zero attached hydrogens (tertiary/aromatic N) is 4. The van der Waals surface area contributed by atoms with Gasteiger partial charge in [-0.1, -0.05) is 12.1 Å². The van der Waals surface area contributed by atoms with Crippen molar-refractivity contribution in [3.63, 3.8) is 0 Å². The van der Waals surface area contributed by atoms with E-state index in [1.165, 1.54) is 0 Å². The first-order valence-electron chi connectivity index (χ1n) is 9.97. The third-order valence-corrected chi connectivity index (χ3v) is 5.60. The van der Waals surface area contributed by atoms with Gasteiger partial charge in [-0.2, -0.15) is 0 Å². The van der Waals surface area contributed by atoms with Crippen molar-refractivity contribution in [2.24, 2.45) is 0 Å². The van der Waals surface area contributed by atoms with Crippen molar-refractivity contribution >= 4 is 22.6 Å². The number of rotatable bonds is 5. The molecule has 1 aliphatic heterocycles. The highest BCUT2D eigenvalue weighted by Crippen LogP contribution is 2.21. The first-order valence-corrected chi connectivity index (χ1v) is 9.97. The molecule has 0 atom stereocenters. The summed E-state index contributed by atoms with van der Waals surface area (Å²) in [5, 5.41) is 0. The number of para-hydroxylation sites is 2. The summed E-state index contributed by atoms with van der Waals surface area (Å²) in [5.74, 6) is 0.819. The Labute approximate surface area is 169 Å². The van der Waals surface area contributed by atoms with Crippen molar-refractivity contribution in [3.05, 3.63) is 59.0 Å². The maximum Gasteiger partial charge on any atom is 0.329 e. The normalized spacial score (nSPS) is 14.4. The Kier molecular flexibility index (Phi) is 5.29. The molecule has 0 N–H and O–H groups in total. The van der Waals surface area contributed by atoms with Crippen LogP contribution in [0, 0.1) is 0 Å². The molecule has 0 aliphatic carbocycles. The smallest absolute Gasteiger partial charge is 0.329 e. The number of aromatic nitrogens is 2. The molecule has 1 aromatic heterocycles. The number of hydrogen-bond donors (Lipinski definition) is 0. The summed E-state index contributed by atoms with van der Waals surface area (Å²) in [6.07, 6.45) is 0. The Bertz CT molecular complexity index is 1060. The van der Waals surface area contributed by atoms with Gasteiger partial charge in [0.15, 0.2) is 0 Å². The van der Waals surface area contributed by atoms with E-state index >= 15 is 0 Å². The van der Waals surface area contributed by atoms with Crippen molar-refractivity contribution in [2.45, 2.75) is 20.0 Å². The lowest BCUT2D eigenvalue weighted by atomic mass is 10.2. The van der Waals surface area contributed by atoms with Gasteiger partial charge in [-0.05, 0) is 43.3 Å². The molecule has 0 spiro atoms. The zero-order chi connectivity index (χ0) is 20.4. The van der Waals surface area contributed by atoms with Gasteiger partial charge in [0.1, 0.15) is 12.3 Å². The lowest BCUT2D eigenvalue weighted by Gasteiger charge is -2.36. The van der Waals surface area contributed by atoms with E-state index in [2.05, 4.69) is 4.90 Å². The summed E-state index contributed by atoms with van der Waals surface area (Å²) in [4.78, 5) is 29.8. The number of carbonyl (C=O) groups excluding carboxylic acids is 1. The molecule has 2 heterocycles. The largest absolute Gasteiger partial charge is 0.497 e. The Hall–Kier alpha value is -3.22. The molecule has 7 nitrogen and oxygen atoms in total. The fourth-order valence-corrected chi connectivity index (χ4v) is 3.97. The van der Waals surface area contributed by atoms with Crippen molar-refractivity contribution in [1.82, 2.24) is 14.0 Å². The predicted octanol–water partition coefficient (Wildman–Crippen LogP) is 2.18. The Morgan fingerprint density at radius 3 is 2.14 bits per heavy atom. The van der Waals surface area contributed by atoms with E-state index in [4.69, 9.17) is 4.74 Å². The summed E-state index contributed by atoms with van der Waals surface area (Å²) in [7, 11) is 1.66. The monoisotopic (exact) mass is 394 g/mol. The lowest BCUT2D eigenvalue weighted by molar-refractivity contribution is -0.132. The molecule has 1 aliphatic rings. The SMILES string of the molecule is CCn1c(=O)n(CC(=O)N2CCN(c3ccc(OC)cc3)CC2)c2ccccc21. The number of amides is 1. The molecular formula is C22H26N4O3. The zero-order valence-electron chi connectivity index (χ0n) is 16.9. The van der Waals surface area contributed by atoms with E-state index in [-0.39, 0.29) is 18.1 Å². The highest BCUT2D eigenvalue weighted by atomic mass is 16.5. The number of piperazine rings is 1. The van der Waals surface area contributed by atoms with Crippen LogP contribution in [0.5, 0.6) is 5.75 Å². The minimum absolute atomic E-state index is 0.0134. The Morgan fingerprint density at radius 1 is 0.931 bits per heavy atom. The van der Waals surface area contributed by atoms with E-state index < -0.39 is 0 Å². The number of fused-ring (bicyclic) bond motifs is 1. The van der Waals surface area contributed by atoms with Gasteiger partial charge in [0.2, 0.25) is 5.91 Å². The Morgan fingerprint density at radius 2 is 1.55 bits per heavy atom. The van der Waals surface area contributed by atoms with Crippen LogP contribution in [0.15, 0.2) is 53.3 Å². The lowest BCUT2D eigenvalue weighted by Crippen LogP contribution is -2.50. The minimum atomic E-state index is -0.126. The number of ether oxygens (including phenoxy) is 1. The van der Waals surface area contributed by atoms with Crippen molar-refractivity contribution in [1.29, 1.82) is 0 Å². The second-order valence-electron chi connectivity index (χ2n) is 7.17. The second-order valence-corrected chi connectivity index (χ2v) is 7.17. The van der Waals surface area contributed by atoms with Gasteiger partial charge >= 0.3 is 5.69 Å². The number of hydrogen-bond acceptors (Lipinski definition) is 4. The highest BCUT2D eigenvalue weighted by Gasteiger charge is 2.23. The summed E-state index contributed by atoms with van der Waals surface area (Å²) >= 11 is 0. The topological polar surface area (TPSA) is 59.7 Å². The van der Waals surface area contributed by atoms with Crippen LogP contribution < -0.4 is 15.3 Å². The van der Waals surface area contributed by atoms with Crippen LogP contribution >= 0.6 is 0 Å². The summed E-state index contributed by atoms with van der Waals surface area (Å²) in [6.45, 7) is 5.43. The molecule has 0 unspecified atom stereocenters. The third kappa shape index (κ3) is 3.60. The maximum absolute atomic E-state index is 12.9. The molecule has 29 heavy (non-hydrogen) atoms. The van der Waals surface area contributed by atoms with Gasteiger partial charge in [-0.25, -0.2) is 4.79 Å². The molecular weight excluding hydrogens is 368 g/mol. The van der Waals surface area contributed by atoms with Crippen LogP contribution in [0.2, 0.25) is 0 Å². The van der Waals surface area contributed by atoms with Crippen LogP contribution in [0.3, 0.4) is 0 Å². The molecule has 4 rings (SSSR count). The molecule has 2 aromatic carbocycles. The van der Waals surface area contributed by atoms with Crippen LogP contribution in [0.1, 0.15) is 6.92 Å². The molecule has 0 bridgehead atoms. The standard InChI is InChI=1S/C22H26N4O3/c1-3-25-19-6-4-5-7-20(19)26(22(25)28)16-21(27)24-14-12-23(13-15-24)17-8-10-18(29-2)11-9-17/h4-11H,3,12-16H2,1-2H3. The molecule has 7 heteroatoms. The molecule has 152 valence electrons. The fraction of sp³-hybridized carbons (Fsp3) is 0.364. The van der Waals surface area contributed by atoms with Gasteiger partial charge in [-0.3, -0.25) is 13.9 Å². The van der Waals surface area contributed by atoms with Crippen molar-refractivity contribution in [3.8, 4) is 5.75 Å². The number of carbonyl (C=O) groups is 1. The van der Waals surface area contributed by atoms with Gasteiger partial charge in [0.25, 0.3) is 0 Å². The van der Waals surface area contributed by atoms with Gasteiger partial charge in [0, 0.05) is 38.4 Å². The predicted molar refractivity (Wildman–Crippen MR) is 114 cm³/mol. The second kappa shape index (κ2) is 8.03. The van der Waals surface area contributed by atoms with Crippen molar-refractivity contribution in [2.75, 3.05) is 38.2 Å². The zero-order valence-corrected chi connectivity index (χ0v) is 16.9. The van der Waals surface area contributed by atoms with Crippen molar-refractivity contribution < 1.29 is 9.53 Å². The van der Waals surface area contributed by atoms with E-state index in [1.807, 2.05) is 60.4 Å². The van der Waals surface area contributed by atoms with Gasteiger partial charge < -0.3 is 14.5 Å². The quantitative estimate of drug-likeness (QED) is 0.666. The molecule has 1 saturated heterocycles. The Balaban J connectivity index is 1.45. The van der Waals surface area contributed by atoms with Gasteiger partial charge in [0.05, 0.1) is 18.1 Å². The molecule has 1 amide bonds. The molecule has 0 radical (unpaired) electrons. The molecule has 3 aromatic rings. The third-order valence-electron chi connectivity index (χ3n) is 5.60. The average molecular weight is 394 g/mol. The fourth-order valence-electron chi connectivity index (χ4n) is 3.97. The first-order chi connectivity index (χ1) is 14.1. The molecule has 0 saturated carbocycles. The molecule has 1 fully saturated rings. The number of benzene rings is 2. The van der Waals surface area contributed by atoms with Gasteiger partial charge in [-0.15, -0.1) is 0 Å². The van der Waals surface area contributed by atoms with Crippen LogP contribution in [-0.2, 0) is 17.9 Å². The summed E-state index contributed by atoms with van der Waals surface area (Å²) in [5.41, 5.74) is 2.68. The van der Waals surface area contributed by atoms with E-state index in [1.54, 1.807) is 16.2 Å². The van der Waals surface area contributed by atoms with Crippen LogP contribution in [-0.4, -0.2) is 53.2 Å². The number of anilines is 1. The maximum atomic E-state index is 12.9. The van der Waals surface area contributed by atoms with E-state index in [9.17, 15) is 9.59 Å². The van der Waals surface area contributed by atoms with Crippen LogP contribution in [0.25, 0.3) is 11.0 Å². The minimum Gasteiger partial charge on any atom is -0.497 e. The summed E-state index contributed by atoms with van der Waals surface area (Å²) in [6, 6.07) is 15.6.